The Morgan fingerprint density at radius 2 is 1.82 bits per heavy atom. The summed E-state index contributed by atoms with van der Waals surface area (Å²) in [5, 5.41) is 0. The highest BCUT2D eigenvalue weighted by Crippen LogP contribution is 2.49. The van der Waals surface area contributed by atoms with Crippen LogP contribution in [0.5, 0.6) is 17.2 Å². The maximum Gasteiger partial charge on any atom is 0.342 e. The number of para-hydroxylation sites is 1. The largest absolute Gasteiger partial charge is 0.495 e. The van der Waals surface area contributed by atoms with Gasteiger partial charge in [-0.15, -0.1) is 0 Å². The topological polar surface area (TPSA) is 88.1 Å². The number of carbonyl (C=O) groups is 3. The van der Waals surface area contributed by atoms with Crippen LogP contribution >= 0.6 is 0 Å². The maximum atomic E-state index is 13.6. The zero-order valence-corrected chi connectivity index (χ0v) is 21.8. The Hall–Kier alpha value is -3.87. The average Bonchev–Trinajstić information content (AvgIpc) is 2.90. The van der Waals surface area contributed by atoms with Gasteiger partial charge in [-0.3, -0.25) is 9.59 Å². The molecule has 0 aromatic heterocycles. The van der Waals surface area contributed by atoms with E-state index < -0.39 is 5.97 Å². The van der Waals surface area contributed by atoms with Crippen molar-refractivity contribution in [1.82, 2.24) is 0 Å². The van der Waals surface area contributed by atoms with E-state index in [-0.39, 0.29) is 30.2 Å². The smallest absolute Gasteiger partial charge is 0.342 e. The number of benzene rings is 2. The molecule has 0 bridgehead atoms. The molecule has 7 nitrogen and oxygen atoms in total. The van der Waals surface area contributed by atoms with Gasteiger partial charge in [-0.2, -0.15) is 0 Å². The molecule has 3 aliphatic heterocycles. The first-order valence-electron chi connectivity index (χ1n) is 13.2. The van der Waals surface area contributed by atoms with E-state index in [2.05, 4.69) is 0 Å². The van der Waals surface area contributed by atoms with E-state index in [9.17, 15) is 14.4 Å². The SMILES string of the molecule is COc1c2c(cc3c1[C@H](C1=Cc4ccccc4OC1)CC(=O)O3)C=CCCCC(=O)CCC[C@H](C)OC2=O. The molecule has 0 fully saturated rings. The first-order valence-corrected chi connectivity index (χ1v) is 13.2. The fraction of sp³-hybridized carbons (Fsp3) is 0.387. The van der Waals surface area contributed by atoms with Gasteiger partial charge in [0.05, 0.1) is 19.6 Å². The van der Waals surface area contributed by atoms with Crippen LogP contribution in [0.3, 0.4) is 0 Å². The van der Waals surface area contributed by atoms with Crippen LogP contribution in [0.15, 0.2) is 42.0 Å². The van der Waals surface area contributed by atoms with Gasteiger partial charge in [-0.1, -0.05) is 30.4 Å². The third-order valence-electron chi connectivity index (χ3n) is 7.26. The quantitative estimate of drug-likeness (QED) is 0.355. The normalized spacial score (nSPS) is 21.9. The third-order valence-corrected chi connectivity index (χ3v) is 7.26. The number of rotatable bonds is 2. The van der Waals surface area contributed by atoms with Gasteiger partial charge in [-0.25, -0.2) is 4.79 Å². The summed E-state index contributed by atoms with van der Waals surface area (Å²) >= 11 is 0. The van der Waals surface area contributed by atoms with Crippen molar-refractivity contribution in [3.05, 3.63) is 64.2 Å². The first kappa shape index (κ1) is 25.8. The van der Waals surface area contributed by atoms with Gasteiger partial charge in [0.25, 0.3) is 0 Å². The molecular weight excluding hydrogens is 484 g/mol. The van der Waals surface area contributed by atoms with Crippen molar-refractivity contribution in [2.24, 2.45) is 0 Å². The number of allylic oxidation sites excluding steroid dienone is 1. The van der Waals surface area contributed by atoms with Crippen molar-refractivity contribution in [3.8, 4) is 17.2 Å². The standard InChI is InChI=1S/C31H32O7/c1-19-9-8-13-23(32)12-5-3-4-11-21-16-26-29(30(35-2)28(21)31(34)37-19)24(17-27(33)38-26)22-15-20-10-6-7-14-25(20)36-18-22/h4,6-7,10-11,14-16,19,24H,3,5,8-9,12-13,17-18H2,1-2H3/t19-,24-/m0/s1. The third kappa shape index (κ3) is 5.37. The lowest BCUT2D eigenvalue weighted by Crippen LogP contribution is -2.26. The minimum atomic E-state index is -0.505. The fourth-order valence-corrected chi connectivity index (χ4v) is 5.36. The van der Waals surface area contributed by atoms with Crippen LogP contribution in [0.1, 0.15) is 84.8 Å². The van der Waals surface area contributed by atoms with Crippen LogP contribution in [0.2, 0.25) is 0 Å². The molecule has 0 saturated heterocycles. The number of methoxy groups -OCH3 is 1. The minimum absolute atomic E-state index is 0.106. The number of ketones is 1. The molecular formula is C31H32O7. The van der Waals surface area contributed by atoms with E-state index in [4.69, 9.17) is 18.9 Å². The van der Waals surface area contributed by atoms with Gasteiger partial charge >= 0.3 is 11.9 Å². The number of ether oxygens (including phenoxy) is 4. The summed E-state index contributed by atoms with van der Waals surface area (Å²) in [6.07, 6.45) is 9.23. The number of Topliss-reactive ketones (excluding diaryl/α,β-unsaturated/α-hetero) is 1. The van der Waals surface area contributed by atoms with Gasteiger partial charge in [0.15, 0.2) is 0 Å². The fourth-order valence-electron chi connectivity index (χ4n) is 5.36. The zero-order chi connectivity index (χ0) is 26.6. The lowest BCUT2D eigenvalue weighted by molar-refractivity contribution is -0.135. The second kappa shape index (κ2) is 11.3. The predicted octanol–water partition coefficient (Wildman–Crippen LogP) is 6.05. The highest BCUT2D eigenvalue weighted by molar-refractivity contribution is 5.99. The van der Waals surface area contributed by atoms with Gasteiger partial charge in [-0.05, 0) is 62.0 Å². The molecule has 198 valence electrons. The molecule has 2 aromatic rings. The molecule has 38 heavy (non-hydrogen) atoms. The van der Waals surface area contributed by atoms with E-state index in [0.29, 0.717) is 66.9 Å². The zero-order valence-electron chi connectivity index (χ0n) is 21.8. The first-order chi connectivity index (χ1) is 18.4. The highest BCUT2D eigenvalue weighted by Gasteiger charge is 2.37. The van der Waals surface area contributed by atoms with E-state index >= 15 is 0 Å². The Labute approximate surface area is 222 Å². The summed E-state index contributed by atoms with van der Waals surface area (Å²) in [7, 11) is 1.52. The van der Waals surface area contributed by atoms with E-state index in [1.165, 1.54) is 7.11 Å². The van der Waals surface area contributed by atoms with Crippen molar-refractivity contribution in [3.63, 3.8) is 0 Å². The summed E-state index contributed by atoms with van der Waals surface area (Å²) in [4.78, 5) is 38.4. The number of hydrogen-bond donors (Lipinski definition) is 0. The molecule has 2 atom stereocenters. The molecule has 0 radical (unpaired) electrons. The Balaban J connectivity index is 1.62. The van der Waals surface area contributed by atoms with Gasteiger partial charge in [0.2, 0.25) is 0 Å². The molecule has 3 aliphatic rings. The van der Waals surface area contributed by atoms with E-state index in [0.717, 1.165) is 23.3 Å². The number of carbonyl (C=O) groups excluding carboxylic acids is 3. The van der Waals surface area contributed by atoms with Gasteiger partial charge < -0.3 is 18.9 Å². The second-order valence-electron chi connectivity index (χ2n) is 10.0. The van der Waals surface area contributed by atoms with Crippen LogP contribution in [0.4, 0.5) is 0 Å². The van der Waals surface area contributed by atoms with Crippen LogP contribution in [0.25, 0.3) is 12.2 Å². The Bertz CT molecular complexity index is 1320. The summed E-state index contributed by atoms with van der Waals surface area (Å²) < 4.78 is 23.4. The molecule has 5 rings (SSSR count). The molecule has 0 amide bonds. The number of hydrogen-bond acceptors (Lipinski definition) is 7. The Morgan fingerprint density at radius 3 is 2.66 bits per heavy atom. The molecule has 0 saturated carbocycles. The van der Waals surface area contributed by atoms with Crippen molar-refractivity contribution in [2.75, 3.05) is 13.7 Å². The minimum Gasteiger partial charge on any atom is -0.495 e. The van der Waals surface area contributed by atoms with Crippen LogP contribution in [0, 0.1) is 0 Å². The van der Waals surface area contributed by atoms with E-state index in [1.807, 2.05) is 49.4 Å². The van der Waals surface area contributed by atoms with Crippen molar-refractivity contribution < 1.29 is 33.3 Å². The molecule has 0 N–H and O–H groups in total. The molecule has 2 aromatic carbocycles. The van der Waals surface area contributed by atoms with Crippen LogP contribution < -0.4 is 14.2 Å². The molecule has 0 spiro atoms. The Morgan fingerprint density at radius 1 is 1.00 bits per heavy atom. The Kier molecular flexibility index (Phi) is 7.63. The molecule has 3 heterocycles. The maximum absolute atomic E-state index is 13.6. The van der Waals surface area contributed by atoms with Gasteiger partial charge in [0.1, 0.15) is 35.2 Å². The highest BCUT2D eigenvalue weighted by atomic mass is 16.5. The number of fused-ring (bicyclic) bond motifs is 3. The lowest BCUT2D eigenvalue weighted by atomic mass is 9.82. The van der Waals surface area contributed by atoms with Crippen molar-refractivity contribution >= 4 is 29.9 Å². The molecule has 0 unspecified atom stereocenters. The number of esters is 2. The van der Waals surface area contributed by atoms with Crippen LogP contribution in [-0.4, -0.2) is 37.5 Å². The summed E-state index contributed by atoms with van der Waals surface area (Å²) in [6, 6.07) is 9.45. The van der Waals surface area contributed by atoms with E-state index in [1.54, 1.807) is 6.07 Å². The summed E-state index contributed by atoms with van der Waals surface area (Å²) in [5.74, 6) is 0.483. The predicted molar refractivity (Wildman–Crippen MR) is 143 cm³/mol. The molecule has 0 aliphatic carbocycles. The van der Waals surface area contributed by atoms with Gasteiger partial charge in [0, 0.05) is 29.9 Å². The number of cyclic esters (lactones) is 1. The summed E-state index contributed by atoms with van der Waals surface area (Å²) in [6.45, 7) is 2.15. The monoisotopic (exact) mass is 516 g/mol. The average molecular weight is 517 g/mol. The summed E-state index contributed by atoms with van der Waals surface area (Å²) in [5.41, 5.74) is 3.34. The van der Waals surface area contributed by atoms with Crippen molar-refractivity contribution in [2.45, 2.75) is 63.9 Å². The van der Waals surface area contributed by atoms with Crippen LogP contribution in [-0.2, 0) is 14.3 Å². The lowest BCUT2D eigenvalue weighted by Gasteiger charge is -2.31. The second-order valence-corrected chi connectivity index (χ2v) is 10.0. The van der Waals surface area contributed by atoms with Crippen molar-refractivity contribution in [1.29, 1.82) is 0 Å². The molecule has 7 heteroatoms.